The van der Waals surface area contributed by atoms with Gasteiger partial charge in [-0.1, -0.05) is 34.6 Å². The summed E-state index contributed by atoms with van der Waals surface area (Å²) in [5.74, 6) is 2.49. The number of hydrogen-bond donors (Lipinski definition) is 0. The molecule has 3 unspecified atom stereocenters. The first-order valence-corrected chi connectivity index (χ1v) is 5.37. The van der Waals surface area contributed by atoms with E-state index in [9.17, 15) is 0 Å². The molecule has 0 radical (unpaired) electrons. The summed E-state index contributed by atoms with van der Waals surface area (Å²) in [4.78, 5) is 0. The Hall–Kier alpha value is 0.430. The standard InChI is InChI=1S/C10H23P/c1-7(2)6-9(5)10(11)8(3)4/h7-10H,6,11H2,1-5H3. The predicted molar refractivity (Wildman–Crippen MR) is 57.0 cm³/mol. The zero-order valence-electron chi connectivity index (χ0n) is 8.59. The van der Waals surface area contributed by atoms with E-state index in [0.717, 1.165) is 23.4 Å². The summed E-state index contributed by atoms with van der Waals surface area (Å²) < 4.78 is 0. The van der Waals surface area contributed by atoms with E-state index in [2.05, 4.69) is 43.9 Å². The summed E-state index contributed by atoms with van der Waals surface area (Å²) in [7, 11) is 2.98. The zero-order chi connectivity index (χ0) is 9.02. The fourth-order valence-corrected chi connectivity index (χ4v) is 1.71. The van der Waals surface area contributed by atoms with Crippen LogP contribution in [0.2, 0.25) is 0 Å². The lowest BCUT2D eigenvalue weighted by Crippen LogP contribution is -2.18. The van der Waals surface area contributed by atoms with Gasteiger partial charge in [-0.15, -0.1) is 9.24 Å². The maximum absolute atomic E-state index is 2.98. The Balaban J connectivity index is 3.73. The van der Waals surface area contributed by atoms with Crippen LogP contribution in [0.3, 0.4) is 0 Å². The third-order valence-electron chi connectivity index (χ3n) is 2.27. The van der Waals surface area contributed by atoms with Gasteiger partial charge in [0.2, 0.25) is 0 Å². The van der Waals surface area contributed by atoms with Crippen molar-refractivity contribution >= 4 is 9.24 Å². The minimum absolute atomic E-state index is 0.789. The molecule has 0 spiro atoms. The van der Waals surface area contributed by atoms with E-state index >= 15 is 0 Å². The van der Waals surface area contributed by atoms with Crippen LogP contribution < -0.4 is 0 Å². The second kappa shape index (κ2) is 5.14. The molecular formula is C10H23P. The molecule has 0 aromatic carbocycles. The quantitative estimate of drug-likeness (QED) is 0.571. The summed E-state index contributed by atoms with van der Waals surface area (Å²) >= 11 is 0. The highest BCUT2D eigenvalue weighted by Gasteiger charge is 2.16. The van der Waals surface area contributed by atoms with E-state index in [1.807, 2.05) is 0 Å². The molecule has 0 aliphatic heterocycles. The summed E-state index contributed by atoms with van der Waals surface area (Å²) in [6, 6.07) is 0. The molecule has 0 aliphatic rings. The Kier molecular flexibility index (Phi) is 5.34. The van der Waals surface area contributed by atoms with E-state index in [4.69, 9.17) is 0 Å². The lowest BCUT2D eigenvalue weighted by molar-refractivity contribution is 0.380. The second-order valence-electron chi connectivity index (χ2n) is 4.43. The molecule has 0 aromatic rings. The van der Waals surface area contributed by atoms with Crippen molar-refractivity contribution in [3.05, 3.63) is 0 Å². The van der Waals surface area contributed by atoms with Crippen molar-refractivity contribution in [2.24, 2.45) is 17.8 Å². The predicted octanol–water partition coefficient (Wildman–Crippen LogP) is 3.57. The molecule has 0 aromatic heterocycles. The Morgan fingerprint density at radius 1 is 1.00 bits per heavy atom. The molecule has 3 atom stereocenters. The van der Waals surface area contributed by atoms with Crippen LogP contribution in [-0.2, 0) is 0 Å². The van der Waals surface area contributed by atoms with Crippen LogP contribution in [0.4, 0.5) is 0 Å². The van der Waals surface area contributed by atoms with Crippen molar-refractivity contribution in [2.75, 3.05) is 0 Å². The highest BCUT2D eigenvalue weighted by molar-refractivity contribution is 7.17. The first-order chi connectivity index (χ1) is 4.95. The van der Waals surface area contributed by atoms with Gasteiger partial charge in [0.15, 0.2) is 0 Å². The van der Waals surface area contributed by atoms with Crippen LogP contribution in [-0.4, -0.2) is 5.66 Å². The topological polar surface area (TPSA) is 0 Å². The summed E-state index contributed by atoms with van der Waals surface area (Å²) in [6.45, 7) is 11.6. The molecule has 0 saturated heterocycles. The van der Waals surface area contributed by atoms with E-state index in [0.29, 0.717) is 0 Å². The molecule has 0 aliphatic carbocycles. The van der Waals surface area contributed by atoms with Gasteiger partial charge in [-0.25, -0.2) is 0 Å². The highest BCUT2D eigenvalue weighted by atomic mass is 31.0. The SMILES string of the molecule is CC(C)CC(C)C(P)C(C)C. The minimum Gasteiger partial charge on any atom is -0.134 e. The van der Waals surface area contributed by atoms with E-state index in [1.165, 1.54) is 6.42 Å². The van der Waals surface area contributed by atoms with Gasteiger partial charge in [0.25, 0.3) is 0 Å². The summed E-state index contributed by atoms with van der Waals surface area (Å²) in [6.07, 6.45) is 1.35. The van der Waals surface area contributed by atoms with Gasteiger partial charge >= 0.3 is 0 Å². The molecule has 0 N–H and O–H groups in total. The second-order valence-corrected chi connectivity index (χ2v) is 5.20. The highest BCUT2D eigenvalue weighted by Crippen LogP contribution is 2.26. The molecule has 0 amide bonds. The first-order valence-electron chi connectivity index (χ1n) is 4.70. The molecular weight excluding hydrogens is 151 g/mol. The molecule has 0 fully saturated rings. The van der Waals surface area contributed by atoms with Crippen molar-refractivity contribution in [2.45, 2.75) is 46.7 Å². The Labute approximate surface area is 74.4 Å². The van der Waals surface area contributed by atoms with Gasteiger partial charge in [-0.2, -0.15) is 0 Å². The van der Waals surface area contributed by atoms with Crippen LogP contribution in [0.25, 0.3) is 0 Å². The molecule has 1 heteroatoms. The minimum atomic E-state index is 0.789. The maximum atomic E-state index is 2.98. The van der Waals surface area contributed by atoms with Gasteiger partial charge in [0.05, 0.1) is 0 Å². The van der Waals surface area contributed by atoms with Crippen LogP contribution >= 0.6 is 9.24 Å². The fraction of sp³-hybridized carbons (Fsp3) is 1.00. The smallest absolute Gasteiger partial charge is 0.0215 e. The third-order valence-corrected chi connectivity index (χ3v) is 3.70. The number of rotatable bonds is 4. The van der Waals surface area contributed by atoms with E-state index in [1.54, 1.807) is 0 Å². The van der Waals surface area contributed by atoms with Gasteiger partial charge in [-0.05, 0) is 29.8 Å². The average Bonchev–Trinajstić information content (AvgIpc) is 1.84. The van der Waals surface area contributed by atoms with Gasteiger partial charge < -0.3 is 0 Å². The Morgan fingerprint density at radius 2 is 1.45 bits per heavy atom. The monoisotopic (exact) mass is 174 g/mol. The third kappa shape index (κ3) is 4.80. The van der Waals surface area contributed by atoms with Gasteiger partial charge in [0.1, 0.15) is 0 Å². The molecule has 0 nitrogen and oxygen atoms in total. The zero-order valence-corrected chi connectivity index (χ0v) is 9.75. The van der Waals surface area contributed by atoms with Crippen molar-refractivity contribution in [3.63, 3.8) is 0 Å². The summed E-state index contributed by atoms with van der Waals surface area (Å²) in [5.41, 5.74) is 0.789. The first kappa shape index (κ1) is 11.4. The largest absolute Gasteiger partial charge is 0.134 e. The maximum Gasteiger partial charge on any atom is -0.0215 e. The molecule has 0 bridgehead atoms. The van der Waals surface area contributed by atoms with Crippen molar-refractivity contribution in [1.29, 1.82) is 0 Å². The van der Waals surface area contributed by atoms with Crippen LogP contribution in [0.5, 0.6) is 0 Å². The average molecular weight is 174 g/mol. The molecule has 0 rings (SSSR count). The Morgan fingerprint density at radius 3 is 1.73 bits per heavy atom. The van der Waals surface area contributed by atoms with Crippen LogP contribution in [0.1, 0.15) is 41.0 Å². The lowest BCUT2D eigenvalue weighted by atomic mass is 9.90. The normalized spacial score (nSPS) is 17.5. The summed E-state index contributed by atoms with van der Waals surface area (Å²) in [5, 5.41) is 0. The van der Waals surface area contributed by atoms with Crippen molar-refractivity contribution < 1.29 is 0 Å². The van der Waals surface area contributed by atoms with Gasteiger partial charge in [-0.3, -0.25) is 0 Å². The van der Waals surface area contributed by atoms with E-state index in [-0.39, 0.29) is 0 Å². The molecule has 0 heterocycles. The lowest BCUT2D eigenvalue weighted by Gasteiger charge is -2.24. The fourth-order valence-electron chi connectivity index (χ4n) is 1.56. The molecule has 0 saturated carbocycles. The Bertz CT molecular complexity index is 97.0. The van der Waals surface area contributed by atoms with Crippen molar-refractivity contribution in [3.8, 4) is 0 Å². The van der Waals surface area contributed by atoms with Crippen LogP contribution in [0.15, 0.2) is 0 Å². The molecule has 68 valence electrons. The van der Waals surface area contributed by atoms with E-state index < -0.39 is 0 Å². The van der Waals surface area contributed by atoms with Gasteiger partial charge in [0, 0.05) is 0 Å². The van der Waals surface area contributed by atoms with Crippen LogP contribution in [0, 0.1) is 17.8 Å². The number of hydrogen-bond acceptors (Lipinski definition) is 0. The molecule has 11 heavy (non-hydrogen) atoms. The van der Waals surface area contributed by atoms with Crippen molar-refractivity contribution in [1.82, 2.24) is 0 Å².